The van der Waals surface area contributed by atoms with Gasteiger partial charge in [-0.3, -0.25) is 4.40 Å². The van der Waals surface area contributed by atoms with Crippen LogP contribution >= 0.6 is 23.1 Å². The molecule has 0 aromatic carbocycles. The third kappa shape index (κ3) is 1.15. The SMILES string of the molecule is CCSc1c(C)nc2sccn12. The molecule has 0 amide bonds. The summed E-state index contributed by atoms with van der Waals surface area (Å²) in [7, 11) is 0. The highest BCUT2D eigenvalue weighted by atomic mass is 32.2. The molecule has 0 atom stereocenters. The van der Waals surface area contributed by atoms with Crippen molar-refractivity contribution in [2.24, 2.45) is 0 Å². The van der Waals surface area contributed by atoms with E-state index in [1.165, 1.54) is 5.03 Å². The van der Waals surface area contributed by atoms with E-state index in [1.54, 1.807) is 11.3 Å². The average Bonchev–Trinajstić information content (AvgIpc) is 2.56. The van der Waals surface area contributed by atoms with Crippen LogP contribution in [-0.4, -0.2) is 15.1 Å². The van der Waals surface area contributed by atoms with Crippen LogP contribution in [0.2, 0.25) is 0 Å². The van der Waals surface area contributed by atoms with Crippen LogP contribution in [0.15, 0.2) is 16.6 Å². The van der Waals surface area contributed by atoms with Crippen molar-refractivity contribution < 1.29 is 0 Å². The Hall–Kier alpha value is -0.480. The zero-order valence-electron chi connectivity index (χ0n) is 7.07. The molecule has 0 aliphatic carbocycles. The maximum absolute atomic E-state index is 4.45. The van der Waals surface area contributed by atoms with Gasteiger partial charge in [-0.2, -0.15) is 0 Å². The molecule has 0 saturated heterocycles. The van der Waals surface area contributed by atoms with E-state index < -0.39 is 0 Å². The van der Waals surface area contributed by atoms with Gasteiger partial charge in [0.1, 0.15) is 5.03 Å². The van der Waals surface area contributed by atoms with Crippen LogP contribution in [0.25, 0.3) is 4.96 Å². The molecule has 2 aromatic rings. The van der Waals surface area contributed by atoms with Gasteiger partial charge in [0.05, 0.1) is 5.69 Å². The normalized spacial score (nSPS) is 11.2. The fourth-order valence-corrected chi connectivity index (χ4v) is 2.82. The first-order valence-electron chi connectivity index (χ1n) is 3.88. The quantitative estimate of drug-likeness (QED) is 0.690. The van der Waals surface area contributed by atoms with E-state index in [2.05, 4.69) is 34.8 Å². The number of thiazole rings is 1. The number of hydrogen-bond acceptors (Lipinski definition) is 3. The van der Waals surface area contributed by atoms with Gasteiger partial charge in [-0.25, -0.2) is 4.98 Å². The fraction of sp³-hybridized carbons (Fsp3) is 0.375. The topological polar surface area (TPSA) is 17.3 Å². The first-order chi connectivity index (χ1) is 5.83. The van der Waals surface area contributed by atoms with Crippen molar-refractivity contribution in [1.29, 1.82) is 0 Å². The molecule has 0 fully saturated rings. The number of aryl methyl sites for hydroxylation is 1. The maximum atomic E-state index is 4.45. The van der Waals surface area contributed by atoms with Crippen LogP contribution in [0.4, 0.5) is 0 Å². The monoisotopic (exact) mass is 198 g/mol. The van der Waals surface area contributed by atoms with Gasteiger partial charge in [-0.1, -0.05) is 6.92 Å². The Kier molecular flexibility index (Phi) is 2.11. The Balaban J connectivity index is 2.59. The van der Waals surface area contributed by atoms with Crippen molar-refractivity contribution in [2.45, 2.75) is 18.9 Å². The van der Waals surface area contributed by atoms with Crippen molar-refractivity contribution >= 4 is 28.1 Å². The van der Waals surface area contributed by atoms with Crippen LogP contribution in [0.1, 0.15) is 12.6 Å². The molecular formula is C8H10N2S2. The van der Waals surface area contributed by atoms with Crippen molar-refractivity contribution in [1.82, 2.24) is 9.38 Å². The molecule has 64 valence electrons. The predicted octanol–water partition coefficient (Wildman–Crippen LogP) is 2.82. The largest absolute Gasteiger partial charge is 0.285 e. The summed E-state index contributed by atoms with van der Waals surface area (Å²) in [6.07, 6.45) is 2.08. The van der Waals surface area contributed by atoms with E-state index in [0.717, 1.165) is 16.4 Å². The molecule has 0 radical (unpaired) electrons. The maximum Gasteiger partial charge on any atom is 0.194 e. The molecule has 0 bridgehead atoms. The van der Waals surface area contributed by atoms with Gasteiger partial charge in [0, 0.05) is 11.6 Å². The van der Waals surface area contributed by atoms with Crippen LogP contribution in [-0.2, 0) is 0 Å². The van der Waals surface area contributed by atoms with Gasteiger partial charge >= 0.3 is 0 Å². The number of imidazole rings is 1. The van der Waals surface area contributed by atoms with Crippen LogP contribution < -0.4 is 0 Å². The molecule has 2 aromatic heterocycles. The highest BCUT2D eigenvalue weighted by Crippen LogP contribution is 2.25. The second-order valence-electron chi connectivity index (χ2n) is 2.49. The minimum Gasteiger partial charge on any atom is -0.285 e. The molecule has 12 heavy (non-hydrogen) atoms. The summed E-state index contributed by atoms with van der Waals surface area (Å²) in [6.45, 7) is 4.23. The lowest BCUT2D eigenvalue weighted by Gasteiger charge is -1.95. The first kappa shape index (κ1) is 8.13. The number of fused-ring (bicyclic) bond motifs is 1. The minimum absolute atomic E-state index is 1.10. The Morgan fingerprint density at radius 1 is 1.67 bits per heavy atom. The molecule has 0 unspecified atom stereocenters. The number of thioether (sulfide) groups is 1. The number of hydrogen-bond donors (Lipinski definition) is 0. The van der Waals surface area contributed by atoms with Crippen molar-refractivity contribution in [3.05, 3.63) is 17.3 Å². The Morgan fingerprint density at radius 3 is 3.25 bits per heavy atom. The predicted molar refractivity (Wildman–Crippen MR) is 54.2 cm³/mol. The van der Waals surface area contributed by atoms with Crippen LogP contribution in [0.5, 0.6) is 0 Å². The Labute approximate surface area is 79.6 Å². The molecule has 4 heteroatoms. The molecule has 0 N–H and O–H groups in total. The van der Waals surface area contributed by atoms with E-state index in [-0.39, 0.29) is 0 Å². The molecule has 0 saturated carbocycles. The molecule has 0 aliphatic heterocycles. The first-order valence-corrected chi connectivity index (χ1v) is 5.74. The Morgan fingerprint density at radius 2 is 2.50 bits per heavy atom. The van der Waals surface area contributed by atoms with Gasteiger partial charge in [0.25, 0.3) is 0 Å². The summed E-state index contributed by atoms with van der Waals surface area (Å²) in [5.41, 5.74) is 1.15. The van der Waals surface area contributed by atoms with Crippen LogP contribution in [0, 0.1) is 6.92 Å². The number of aromatic nitrogens is 2. The summed E-state index contributed by atoms with van der Waals surface area (Å²) in [6, 6.07) is 0. The smallest absolute Gasteiger partial charge is 0.194 e. The molecule has 2 nitrogen and oxygen atoms in total. The molecule has 2 heterocycles. The van der Waals surface area contributed by atoms with E-state index in [9.17, 15) is 0 Å². The van der Waals surface area contributed by atoms with E-state index in [0.29, 0.717) is 0 Å². The fourth-order valence-electron chi connectivity index (χ4n) is 1.18. The van der Waals surface area contributed by atoms with Gasteiger partial charge in [-0.05, 0) is 12.7 Å². The summed E-state index contributed by atoms with van der Waals surface area (Å²) >= 11 is 3.54. The summed E-state index contributed by atoms with van der Waals surface area (Å²) in [4.78, 5) is 5.55. The van der Waals surface area contributed by atoms with Gasteiger partial charge in [0.15, 0.2) is 4.96 Å². The molecule has 2 rings (SSSR count). The summed E-state index contributed by atoms with van der Waals surface area (Å²) in [5.74, 6) is 1.10. The molecule has 0 aliphatic rings. The van der Waals surface area contributed by atoms with E-state index in [1.807, 2.05) is 11.8 Å². The van der Waals surface area contributed by atoms with E-state index in [4.69, 9.17) is 0 Å². The highest BCUT2D eigenvalue weighted by Gasteiger charge is 2.07. The number of rotatable bonds is 2. The number of nitrogens with zero attached hydrogens (tertiary/aromatic N) is 2. The molecular weight excluding hydrogens is 188 g/mol. The average molecular weight is 198 g/mol. The highest BCUT2D eigenvalue weighted by molar-refractivity contribution is 7.99. The lowest BCUT2D eigenvalue weighted by atomic mass is 10.6. The Bertz CT molecular complexity index is 389. The zero-order valence-corrected chi connectivity index (χ0v) is 8.71. The van der Waals surface area contributed by atoms with Gasteiger partial charge in [0.2, 0.25) is 0 Å². The summed E-state index contributed by atoms with van der Waals surface area (Å²) in [5, 5.41) is 3.36. The van der Waals surface area contributed by atoms with E-state index >= 15 is 0 Å². The lowest BCUT2D eigenvalue weighted by molar-refractivity contribution is 1.04. The van der Waals surface area contributed by atoms with Crippen molar-refractivity contribution in [2.75, 3.05) is 5.75 Å². The summed E-state index contributed by atoms with van der Waals surface area (Å²) < 4.78 is 2.16. The lowest BCUT2D eigenvalue weighted by Crippen LogP contribution is -1.82. The van der Waals surface area contributed by atoms with Gasteiger partial charge < -0.3 is 0 Å². The van der Waals surface area contributed by atoms with Crippen molar-refractivity contribution in [3.63, 3.8) is 0 Å². The second-order valence-corrected chi connectivity index (χ2v) is 4.62. The standard InChI is InChI=1S/C8H10N2S2/c1-3-11-7-6(2)9-8-10(7)4-5-12-8/h4-5H,3H2,1-2H3. The second kappa shape index (κ2) is 3.11. The zero-order chi connectivity index (χ0) is 8.55. The third-order valence-corrected chi connectivity index (χ3v) is 3.47. The third-order valence-electron chi connectivity index (χ3n) is 1.66. The van der Waals surface area contributed by atoms with Crippen LogP contribution in [0.3, 0.4) is 0 Å². The van der Waals surface area contributed by atoms with Gasteiger partial charge in [-0.15, -0.1) is 23.1 Å². The molecule has 0 spiro atoms. The van der Waals surface area contributed by atoms with Crippen molar-refractivity contribution in [3.8, 4) is 0 Å². The minimum atomic E-state index is 1.10.